The molecule has 0 aliphatic carbocycles. The van der Waals surface area contributed by atoms with Crippen LogP contribution in [0.1, 0.15) is 12.0 Å². The molecule has 1 N–H and O–H groups in total. The minimum Gasteiger partial charge on any atom is -0.448 e. The van der Waals surface area contributed by atoms with Crippen LogP contribution in [-0.4, -0.2) is 36.6 Å². The average Bonchev–Trinajstić information content (AvgIpc) is 2.82. The SMILES string of the molecule is N#Cc1cccc(NC(=O)CCN2CCOC2=O)c1. The monoisotopic (exact) mass is 259 g/mol. The third-order valence-electron chi connectivity index (χ3n) is 2.73. The fourth-order valence-electron chi connectivity index (χ4n) is 1.76. The average molecular weight is 259 g/mol. The summed E-state index contributed by atoms with van der Waals surface area (Å²) in [5.74, 6) is -0.199. The zero-order valence-corrected chi connectivity index (χ0v) is 10.3. The van der Waals surface area contributed by atoms with E-state index in [1.54, 1.807) is 24.3 Å². The quantitative estimate of drug-likeness (QED) is 0.884. The van der Waals surface area contributed by atoms with Crippen LogP contribution in [0, 0.1) is 11.3 Å². The Hall–Kier alpha value is -2.55. The van der Waals surface area contributed by atoms with Crippen molar-refractivity contribution in [2.75, 3.05) is 25.0 Å². The third kappa shape index (κ3) is 3.45. The number of ether oxygens (including phenoxy) is 1. The van der Waals surface area contributed by atoms with Crippen molar-refractivity contribution in [3.63, 3.8) is 0 Å². The predicted octanol–water partition coefficient (Wildman–Crippen LogP) is 1.34. The number of nitrogens with zero attached hydrogens (tertiary/aromatic N) is 2. The molecule has 1 aromatic carbocycles. The molecular formula is C13H13N3O3. The van der Waals surface area contributed by atoms with Gasteiger partial charge < -0.3 is 15.0 Å². The lowest BCUT2D eigenvalue weighted by Crippen LogP contribution is -2.28. The molecule has 6 heteroatoms. The summed E-state index contributed by atoms with van der Waals surface area (Å²) in [7, 11) is 0. The Bertz CT molecular complexity index is 536. The number of nitrogens with one attached hydrogen (secondary N) is 1. The molecule has 0 atom stereocenters. The normalized spacial score (nSPS) is 13.8. The van der Waals surface area contributed by atoms with Gasteiger partial charge in [0.05, 0.1) is 18.2 Å². The third-order valence-corrected chi connectivity index (χ3v) is 2.73. The van der Waals surface area contributed by atoms with Crippen molar-refractivity contribution in [2.24, 2.45) is 0 Å². The Morgan fingerprint density at radius 3 is 3.05 bits per heavy atom. The first-order chi connectivity index (χ1) is 9.19. The molecule has 0 spiro atoms. The molecule has 2 amide bonds. The van der Waals surface area contributed by atoms with Gasteiger partial charge in [-0.1, -0.05) is 6.07 Å². The number of carbonyl (C=O) groups is 2. The Balaban J connectivity index is 1.84. The van der Waals surface area contributed by atoms with E-state index in [2.05, 4.69) is 5.32 Å². The molecule has 0 unspecified atom stereocenters. The van der Waals surface area contributed by atoms with Crippen LogP contribution >= 0.6 is 0 Å². The Labute approximate surface area is 110 Å². The van der Waals surface area contributed by atoms with Crippen molar-refractivity contribution in [1.82, 2.24) is 4.90 Å². The van der Waals surface area contributed by atoms with Gasteiger partial charge in [0.15, 0.2) is 0 Å². The van der Waals surface area contributed by atoms with Crippen molar-refractivity contribution < 1.29 is 14.3 Å². The maximum absolute atomic E-state index is 11.7. The number of anilines is 1. The van der Waals surface area contributed by atoms with Gasteiger partial charge in [-0.2, -0.15) is 5.26 Å². The molecule has 1 saturated heterocycles. The van der Waals surface area contributed by atoms with Gasteiger partial charge in [-0.3, -0.25) is 4.79 Å². The molecule has 0 saturated carbocycles. The van der Waals surface area contributed by atoms with E-state index in [-0.39, 0.29) is 18.4 Å². The lowest BCUT2D eigenvalue weighted by molar-refractivity contribution is -0.116. The number of hydrogen-bond acceptors (Lipinski definition) is 4. The first-order valence-corrected chi connectivity index (χ1v) is 5.91. The smallest absolute Gasteiger partial charge is 0.409 e. The molecule has 1 aliphatic rings. The molecule has 19 heavy (non-hydrogen) atoms. The molecule has 0 bridgehead atoms. The fourth-order valence-corrected chi connectivity index (χ4v) is 1.76. The van der Waals surface area contributed by atoms with Crippen LogP contribution in [0.15, 0.2) is 24.3 Å². The van der Waals surface area contributed by atoms with E-state index in [9.17, 15) is 9.59 Å². The minimum atomic E-state index is -0.376. The van der Waals surface area contributed by atoms with Crippen molar-refractivity contribution in [3.05, 3.63) is 29.8 Å². The van der Waals surface area contributed by atoms with Crippen LogP contribution < -0.4 is 5.32 Å². The van der Waals surface area contributed by atoms with E-state index in [4.69, 9.17) is 10.00 Å². The lowest BCUT2D eigenvalue weighted by Gasteiger charge is -2.12. The van der Waals surface area contributed by atoms with Crippen LogP contribution in [-0.2, 0) is 9.53 Å². The summed E-state index contributed by atoms with van der Waals surface area (Å²) >= 11 is 0. The van der Waals surface area contributed by atoms with Crippen molar-refractivity contribution >= 4 is 17.7 Å². The van der Waals surface area contributed by atoms with Gasteiger partial charge in [-0.25, -0.2) is 4.79 Å². The summed E-state index contributed by atoms with van der Waals surface area (Å²) < 4.78 is 4.77. The fraction of sp³-hybridized carbons (Fsp3) is 0.308. The second-order valence-corrected chi connectivity index (χ2v) is 4.09. The summed E-state index contributed by atoms with van der Waals surface area (Å²) in [5, 5.41) is 11.4. The predicted molar refractivity (Wildman–Crippen MR) is 67.3 cm³/mol. The zero-order valence-electron chi connectivity index (χ0n) is 10.3. The Morgan fingerprint density at radius 2 is 2.37 bits per heavy atom. The second-order valence-electron chi connectivity index (χ2n) is 4.09. The Morgan fingerprint density at radius 1 is 1.53 bits per heavy atom. The maximum Gasteiger partial charge on any atom is 0.409 e. The molecule has 1 heterocycles. The van der Waals surface area contributed by atoms with Crippen LogP contribution in [0.25, 0.3) is 0 Å². The van der Waals surface area contributed by atoms with Gasteiger partial charge in [0.2, 0.25) is 5.91 Å². The molecule has 0 radical (unpaired) electrons. The van der Waals surface area contributed by atoms with E-state index in [0.29, 0.717) is 30.9 Å². The summed E-state index contributed by atoms with van der Waals surface area (Å²) in [6.07, 6.45) is -0.175. The van der Waals surface area contributed by atoms with Gasteiger partial charge in [-0.05, 0) is 18.2 Å². The molecule has 0 aromatic heterocycles. The number of amides is 2. The molecule has 6 nitrogen and oxygen atoms in total. The van der Waals surface area contributed by atoms with Crippen LogP contribution in [0.4, 0.5) is 10.5 Å². The molecule has 1 aromatic rings. The highest BCUT2D eigenvalue weighted by Crippen LogP contribution is 2.10. The molecule has 2 rings (SSSR count). The standard InChI is InChI=1S/C13H13N3O3/c14-9-10-2-1-3-11(8-10)15-12(17)4-5-16-6-7-19-13(16)18/h1-3,8H,4-7H2,(H,15,17). The van der Waals surface area contributed by atoms with Gasteiger partial charge in [0, 0.05) is 18.7 Å². The van der Waals surface area contributed by atoms with Gasteiger partial charge in [0.25, 0.3) is 0 Å². The van der Waals surface area contributed by atoms with E-state index in [1.165, 1.54) is 4.90 Å². The summed E-state index contributed by atoms with van der Waals surface area (Å²) in [6.45, 7) is 1.24. The lowest BCUT2D eigenvalue weighted by atomic mass is 10.2. The number of rotatable bonds is 4. The Kier molecular flexibility index (Phi) is 3.98. The van der Waals surface area contributed by atoms with E-state index < -0.39 is 0 Å². The van der Waals surface area contributed by atoms with Gasteiger partial charge >= 0.3 is 6.09 Å². The molecule has 1 fully saturated rings. The van der Waals surface area contributed by atoms with Gasteiger partial charge in [-0.15, -0.1) is 0 Å². The minimum absolute atomic E-state index is 0.199. The first-order valence-electron chi connectivity index (χ1n) is 5.91. The molecule has 98 valence electrons. The maximum atomic E-state index is 11.7. The van der Waals surface area contributed by atoms with Gasteiger partial charge in [0.1, 0.15) is 6.61 Å². The number of carbonyl (C=O) groups excluding carboxylic acids is 2. The summed E-state index contributed by atoms with van der Waals surface area (Å²) in [5.41, 5.74) is 1.06. The van der Waals surface area contributed by atoms with E-state index in [1.807, 2.05) is 6.07 Å². The highest BCUT2D eigenvalue weighted by atomic mass is 16.6. The van der Waals surface area contributed by atoms with E-state index in [0.717, 1.165) is 0 Å². The largest absolute Gasteiger partial charge is 0.448 e. The molecule has 1 aliphatic heterocycles. The summed E-state index contributed by atoms with van der Waals surface area (Å²) in [4.78, 5) is 24.4. The summed E-state index contributed by atoms with van der Waals surface area (Å²) in [6, 6.07) is 8.68. The number of nitriles is 1. The van der Waals surface area contributed by atoms with Crippen LogP contribution in [0.2, 0.25) is 0 Å². The number of benzene rings is 1. The van der Waals surface area contributed by atoms with Crippen molar-refractivity contribution in [1.29, 1.82) is 5.26 Å². The van der Waals surface area contributed by atoms with Crippen LogP contribution in [0.5, 0.6) is 0 Å². The van der Waals surface area contributed by atoms with Crippen LogP contribution in [0.3, 0.4) is 0 Å². The zero-order chi connectivity index (χ0) is 13.7. The van der Waals surface area contributed by atoms with Crippen molar-refractivity contribution in [3.8, 4) is 6.07 Å². The second kappa shape index (κ2) is 5.87. The first kappa shape index (κ1) is 12.9. The highest BCUT2D eigenvalue weighted by molar-refractivity contribution is 5.91. The van der Waals surface area contributed by atoms with E-state index >= 15 is 0 Å². The number of cyclic esters (lactones) is 1. The number of hydrogen-bond donors (Lipinski definition) is 1. The van der Waals surface area contributed by atoms with Crippen molar-refractivity contribution in [2.45, 2.75) is 6.42 Å². The molecular weight excluding hydrogens is 246 g/mol. The highest BCUT2D eigenvalue weighted by Gasteiger charge is 2.22. The topological polar surface area (TPSA) is 82.4 Å².